The monoisotopic (exact) mass is 313 g/mol. The molecule has 6 nitrogen and oxygen atoms in total. The molecule has 0 saturated heterocycles. The van der Waals surface area contributed by atoms with Gasteiger partial charge in [0.05, 0.1) is 0 Å². The van der Waals surface area contributed by atoms with E-state index in [-0.39, 0.29) is 11.8 Å². The van der Waals surface area contributed by atoms with Crippen molar-refractivity contribution < 1.29 is 4.79 Å². The number of carbonyl (C=O) groups excluding carboxylic acids is 1. The summed E-state index contributed by atoms with van der Waals surface area (Å²) in [7, 11) is 0. The average Bonchev–Trinajstić information content (AvgIpc) is 2.56. The number of pyridine rings is 1. The third-order valence-corrected chi connectivity index (χ3v) is 3.28. The Balaban J connectivity index is 1.72. The first-order valence-corrected chi connectivity index (χ1v) is 7.84. The Bertz CT molecular complexity index is 640. The van der Waals surface area contributed by atoms with E-state index in [1.165, 1.54) is 0 Å². The van der Waals surface area contributed by atoms with Crippen LogP contribution in [0.25, 0.3) is 0 Å². The average molecular weight is 313 g/mol. The van der Waals surface area contributed by atoms with E-state index in [1.807, 2.05) is 39.1 Å². The van der Waals surface area contributed by atoms with Crippen LogP contribution in [0.4, 0.5) is 5.82 Å². The second-order valence-electron chi connectivity index (χ2n) is 5.71. The molecule has 122 valence electrons. The summed E-state index contributed by atoms with van der Waals surface area (Å²) in [5.74, 6) is 1.57. The van der Waals surface area contributed by atoms with Gasteiger partial charge >= 0.3 is 0 Å². The highest BCUT2D eigenvalue weighted by atomic mass is 16.1. The summed E-state index contributed by atoms with van der Waals surface area (Å²) < 4.78 is 0. The minimum Gasteiger partial charge on any atom is -0.370 e. The maximum Gasteiger partial charge on any atom is 0.270 e. The molecule has 0 atom stereocenters. The summed E-state index contributed by atoms with van der Waals surface area (Å²) in [6, 6.07) is 5.59. The number of hydrogen-bond donors (Lipinski definition) is 2. The van der Waals surface area contributed by atoms with Crippen molar-refractivity contribution in [1.29, 1.82) is 0 Å². The molecule has 0 saturated carbocycles. The van der Waals surface area contributed by atoms with Gasteiger partial charge in [-0.1, -0.05) is 19.9 Å². The molecule has 0 spiro atoms. The van der Waals surface area contributed by atoms with E-state index < -0.39 is 0 Å². The van der Waals surface area contributed by atoms with Crippen molar-refractivity contribution in [3.8, 4) is 0 Å². The van der Waals surface area contributed by atoms with Crippen molar-refractivity contribution >= 4 is 11.7 Å². The molecule has 1 amide bonds. The molecule has 0 aliphatic heterocycles. The number of hydrogen-bond acceptors (Lipinski definition) is 5. The molecule has 2 N–H and O–H groups in total. The van der Waals surface area contributed by atoms with Gasteiger partial charge in [0.1, 0.15) is 17.3 Å². The molecule has 0 aliphatic rings. The standard InChI is InChI=1S/C17H23N5O/c1-12(2)16-19-10-7-14(22-16)17(23)20-9-4-8-18-15-6-5-13(3)11-21-15/h5-7,10-12H,4,8-9H2,1-3H3,(H,18,21)(H,20,23). The number of carbonyl (C=O) groups is 1. The van der Waals surface area contributed by atoms with E-state index in [2.05, 4.69) is 25.6 Å². The Morgan fingerprint density at radius 2 is 2.00 bits per heavy atom. The van der Waals surface area contributed by atoms with E-state index in [0.29, 0.717) is 18.1 Å². The molecule has 0 aliphatic carbocycles. The van der Waals surface area contributed by atoms with Gasteiger partial charge in [0, 0.05) is 31.4 Å². The van der Waals surface area contributed by atoms with E-state index in [1.54, 1.807) is 12.3 Å². The molecule has 23 heavy (non-hydrogen) atoms. The van der Waals surface area contributed by atoms with Crippen LogP contribution in [0.15, 0.2) is 30.6 Å². The summed E-state index contributed by atoms with van der Waals surface area (Å²) in [5, 5.41) is 6.09. The molecule has 0 aromatic carbocycles. The fourth-order valence-corrected chi connectivity index (χ4v) is 1.95. The maximum atomic E-state index is 12.1. The van der Waals surface area contributed by atoms with Gasteiger partial charge in [0.2, 0.25) is 0 Å². The Morgan fingerprint density at radius 1 is 1.17 bits per heavy atom. The first kappa shape index (κ1) is 16.9. The molecule has 0 unspecified atom stereocenters. The van der Waals surface area contributed by atoms with Crippen molar-refractivity contribution in [2.24, 2.45) is 0 Å². The highest BCUT2D eigenvalue weighted by molar-refractivity contribution is 5.92. The number of amides is 1. The second-order valence-corrected chi connectivity index (χ2v) is 5.71. The van der Waals surface area contributed by atoms with Crippen LogP contribution >= 0.6 is 0 Å². The lowest BCUT2D eigenvalue weighted by Crippen LogP contribution is -2.27. The number of anilines is 1. The van der Waals surface area contributed by atoms with Gasteiger partial charge in [-0.25, -0.2) is 15.0 Å². The number of nitrogens with zero attached hydrogens (tertiary/aromatic N) is 3. The normalized spacial score (nSPS) is 10.6. The van der Waals surface area contributed by atoms with Crippen molar-refractivity contribution in [3.05, 3.63) is 47.7 Å². The zero-order valence-electron chi connectivity index (χ0n) is 13.8. The number of aromatic nitrogens is 3. The predicted molar refractivity (Wildman–Crippen MR) is 90.5 cm³/mol. The van der Waals surface area contributed by atoms with E-state index in [0.717, 1.165) is 24.3 Å². The lowest BCUT2D eigenvalue weighted by atomic mass is 10.2. The van der Waals surface area contributed by atoms with Crippen LogP contribution < -0.4 is 10.6 Å². The van der Waals surface area contributed by atoms with Gasteiger partial charge in [-0.15, -0.1) is 0 Å². The van der Waals surface area contributed by atoms with Gasteiger partial charge in [-0.2, -0.15) is 0 Å². The Morgan fingerprint density at radius 3 is 2.70 bits per heavy atom. The highest BCUT2D eigenvalue weighted by Crippen LogP contribution is 2.08. The van der Waals surface area contributed by atoms with Crippen LogP contribution in [-0.4, -0.2) is 33.9 Å². The van der Waals surface area contributed by atoms with Crippen molar-refractivity contribution in [2.75, 3.05) is 18.4 Å². The largest absolute Gasteiger partial charge is 0.370 e. The lowest BCUT2D eigenvalue weighted by molar-refractivity contribution is 0.0948. The number of rotatable bonds is 7. The molecular formula is C17H23N5O. The van der Waals surface area contributed by atoms with E-state index in [9.17, 15) is 4.79 Å². The zero-order chi connectivity index (χ0) is 16.7. The molecule has 0 radical (unpaired) electrons. The van der Waals surface area contributed by atoms with Crippen molar-refractivity contribution in [1.82, 2.24) is 20.3 Å². The van der Waals surface area contributed by atoms with Crippen LogP contribution in [0.3, 0.4) is 0 Å². The molecule has 2 aromatic heterocycles. The Hall–Kier alpha value is -2.50. The third-order valence-electron chi connectivity index (χ3n) is 3.28. The van der Waals surface area contributed by atoms with Gasteiger partial charge in [0.15, 0.2) is 0 Å². The lowest BCUT2D eigenvalue weighted by Gasteiger charge is -2.08. The molecule has 2 aromatic rings. The third kappa shape index (κ3) is 5.32. The molecule has 0 fully saturated rings. The Labute approximate surface area is 136 Å². The fraction of sp³-hybridized carbons (Fsp3) is 0.412. The first-order chi connectivity index (χ1) is 11.1. The summed E-state index contributed by atoms with van der Waals surface area (Å²) in [4.78, 5) is 24.8. The van der Waals surface area contributed by atoms with Gasteiger partial charge < -0.3 is 10.6 Å². The van der Waals surface area contributed by atoms with E-state index in [4.69, 9.17) is 0 Å². The zero-order valence-corrected chi connectivity index (χ0v) is 13.8. The Kier molecular flexibility index (Phi) is 6.02. The predicted octanol–water partition coefficient (Wildman–Crippen LogP) is 2.54. The molecule has 2 heterocycles. The van der Waals surface area contributed by atoms with E-state index >= 15 is 0 Å². The maximum absolute atomic E-state index is 12.1. The molecular weight excluding hydrogens is 290 g/mol. The van der Waals surface area contributed by atoms with Gasteiger partial charge in [-0.05, 0) is 31.0 Å². The molecule has 2 rings (SSSR count). The first-order valence-electron chi connectivity index (χ1n) is 7.84. The summed E-state index contributed by atoms with van der Waals surface area (Å²) >= 11 is 0. The van der Waals surface area contributed by atoms with Crippen LogP contribution in [0, 0.1) is 6.92 Å². The highest BCUT2D eigenvalue weighted by Gasteiger charge is 2.09. The van der Waals surface area contributed by atoms with Gasteiger partial charge in [0.25, 0.3) is 5.91 Å². The quantitative estimate of drug-likeness (QED) is 0.768. The van der Waals surface area contributed by atoms with Crippen LogP contribution in [0.1, 0.15) is 48.1 Å². The number of nitrogens with one attached hydrogen (secondary N) is 2. The van der Waals surface area contributed by atoms with Crippen molar-refractivity contribution in [3.63, 3.8) is 0 Å². The minimum absolute atomic E-state index is 0.164. The van der Waals surface area contributed by atoms with Crippen LogP contribution in [0.2, 0.25) is 0 Å². The molecule has 6 heteroatoms. The molecule has 0 bridgehead atoms. The second kappa shape index (κ2) is 8.22. The fourth-order valence-electron chi connectivity index (χ4n) is 1.95. The topological polar surface area (TPSA) is 79.8 Å². The number of aryl methyl sites for hydroxylation is 1. The van der Waals surface area contributed by atoms with Gasteiger partial charge in [-0.3, -0.25) is 4.79 Å². The smallest absolute Gasteiger partial charge is 0.270 e. The minimum atomic E-state index is -0.164. The van der Waals surface area contributed by atoms with Crippen molar-refractivity contribution in [2.45, 2.75) is 33.1 Å². The SMILES string of the molecule is Cc1ccc(NCCCNC(=O)c2ccnc(C(C)C)n2)nc1. The summed E-state index contributed by atoms with van der Waals surface area (Å²) in [5.41, 5.74) is 1.55. The summed E-state index contributed by atoms with van der Waals surface area (Å²) in [6.45, 7) is 7.34. The van der Waals surface area contributed by atoms with Crippen LogP contribution in [-0.2, 0) is 0 Å². The van der Waals surface area contributed by atoms with Crippen LogP contribution in [0.5, 0.6) is 0 Å². The summed E-state index contributed by atoms with van der Waals surface area (Å²) in [6.07, 6.45) is 4.26.